The summed E-state index contributed by atoms with van der Waals surface area (Å²) >= 11 is 0. The minimum atomic E-state index is -1.10. The van der Waals surface area contributed by atoms with E-state index in [1.54, 1.807) is 20.8 Å². The quantitative estimate of drug-likeness (QED) is 0.745. The van der Waals surface area contributed by atoms with E-state index >= 15 is 0 Å². The Balaban J connectivity index is 2.86. The predicted octanol–water partition coefficient (Wildman–Crippen LogP) is 3.04. The van der Waals surface area contributed by atoms with Gasteiger partial charge in [-0.25, -0.2) is 4.79 Å². The highest BCUT2D eigenvalue weighted by atomic mass is 16.6. The fourth-order valence-corrected chi connectivity index (χ4v) is 2.72. The SMILES string of the molecule is CCc1cc(C)cc(CC)c1C(O)C(O)CNC(=O)OC(C)(C)C. The van der Waals surface area contributed by atoms with Crippen molar-refractivity contribution in [3.8, 4) is 0 Å². The van der Waals surface area contributed by atoms with Gasteiger partial charge in [0.25, 0.3) is 0 Å². The first-order valence-electron chi connectivity index (χ1n) is 8.54. The molecule has 2 atom stereocenters. The van der Waals surface area contributed by atoms with Crippen molar-refractivity contribution < 1.29 is 19.7 Å². The lowest BCUT2D eigenvalue weighted by molar-refractivity contribution is 0.0121. The number of aryl methyl sites for hydroxylation is 3. The first kappa shape index (κ1) is 20.5. The summed E-state index contributed by atoms with van der Waals surface area (Å²) in [5, 5.41) is 23.4. The molecule has 0 spiro atoms. The molecule has 0 aliphatic rings. The number of hydrogen-bond donors (Lipinski definition) is 3. The van der Waals surface area contributed by atoms with Crippen molar-refractivity contribution in [3.63, 3.8) is 0 Å². The molecule has 3 N–H and O–H groups in total. The van der Waals surface area contributed by atoms with E-state index in [9.17, 15) is 15.0 Å². The first-order chi connectivity index (χ1) is 11.1. The van der Waals surface area contributed by atoms with Crippen molar-refractivity contribution in [2.75, 3.05) is 6.54 Å². The van der Waals surface area contributed by atoms with Crippen LogP contribution in [0.3, 0.4) is 0 Å². The lowest BCUT2D eigenvalue weighted by atomic mass is 9.89. The zero-order valence-electron chi connectivity index (χ0n) is 15.6. The Labute approximate surface area is 145 Å². The third-order valence-electron chi connectivity index (χ3n) is 3.77. The largest absolute Gasteiger partial charge is 0.444 e. The van der Waals surface area contributed by atoms with E-state index < -0.39 is 23.9 Å². The maximum Gasteiger partial charge on any atom is 0.407 e. The highest BCUT2D eigenvalue weighted by molar-refractivity contribution is 5.67. The summed E-state index contributed by atoms with van der Waals surface area (Å²) in [6.45, 7) is 11.3. The fraction of sp³-hybridized carbons (Fsp3) is 0.632. The maximum atomic E-state index is 11.7. The number of benzene rings is 1. The van der Waals surface area contributed by atoms with Crippen molar-refractivity contribution in [1.82, 2.24) is 5.32 Å². The third-order valence-corrected chi connectivity index (χ3v) is 3.77. The Morgan fingerprint density at radius 2 is 1.67 bits per heavy atom. The van der Waals surface area contributed by atoms with Gasteiger partial charge in [-0.1, -0.05) is 31.5 Å². The van der Waals surface area contributed by atoms with Crippen LogP contribution in [0.2, 0.25) is 0 Å². The molecule has 0 bridgehead atoms. The molecule has 0 aliphatic heterocycles. The summed E-state index contributed by atoms with van der Waals surface area (Å²) < 4.78 is 5.14. The zero-order chi connectivity index (χ0) is 18.5. The lowest BCUT2D eigenvalue weighted by Gasteiger charge is -2.25. The molecule has 0 aliphatic carbocycles. The van der Waals surface area contributed by atoms with Crippen LogP contribution in [0.25, 0.3) is 0 Å². The minimum Gasteiger partial charge on any atom is -0.444 e. The maximum absolute atomic E-state index is 11.7. The third kappa shape index (κ3) is 5.80. The van der Waals surface area contributed by atoms with Gasteiger partial charge in [-0.2, -0.15) is 0 Å². The molecule has 136 valence electrons. The van der Waals surface area contributed by atoms with E-state index in [1.807, 2.05) is 32.9 Å². The number of hydrogen-bond acceptors (Lipinski definition) is 4. The van der Waals surface area contributed by atoms with Crippen LogP contribution in [-0.2, 0) is 17.6 Å². The smallest absolute Gasteiger partial charge is 0.407 e. The van der Waals surface area contributed by atoms with Gasteiger partial charge in [0.2, 0.25) is 0 Å². The highest BCUT2D eigenvalue weighted by Gasteiger charge is 2.25. The molecule has 0 saturated heterocycles. The van der Waals surface area contributed by atoms with Crippen LogP contribution in [0.4, 0.5) is 4.79 Å². The number of amides is 1. The highest BCUT2D eigenvalue weighted by Crippen LogP contribution is 2.28. The van der Waals surface area contributed by atoms with Gasteiger partial charge in [0, 0.05) is 6.54 Å². The second-order valence-corrected chi connectivity index (χ2v) is 7.10. The topological polar surface area (TPSA) is 78.8 Å². The van der Waals surface area contributed by atoms with Gasteiger partial charge in [-0.05, 0) is 57.2 Å². The molecule has 0 saturated carbocycles. The monoisotopic (exact) mass is 337 g/mol. The first-order valence-corrected chi connectivity index (χ1v) is 8.54. The van der Waals surface area contributed by atoms with Gasteiger partial charge in [-0.3, -0.25) is 0 Å². The van der Waals surface area contributed by atoms with Crippen LogP contribution < -0.4 is 5.32 Å². The van der Waals surface area contributed by atoms with Gasteiger partial charge in [0.1, 0.15) is 17.8 Å². The second kappa shape index (κ2) is 8.49. The second-order valence-electron chi connectivity index (χ2n) is 7.10. The predicted molar refractivity (Wildman–Crippen MR) is 95.1 cm³/mol. The van der Waals surface area contributed by atoms with Gasteiger partial charge in [-0.15, -0.1) is 0 Å². The van der Waals surface area contributed by atoms with Crippen LogP contribution in [0.5, 0.6) is 0 Å². The van der Waals surface area contributed by atoms with Crippen LogP contribution in [-0.4, -0.2) is 34.6 Å². The van der Waals surface area contributed by atoms with Gasteiger partial charge in [0.05, 0.1) is 0 Å². The van der Waals surface area contributed by atoms with Crippen LogP contribution >= 0.6 is 0 Å². The van der Waals surface area contributed by atoms with Crippen molar-refractivity contribution in [2.45, 2.75) is 72.2 Å². The molecule has 0 aromatic heterocycles. The van der Waals surface area contributed by atoms with Crippen molar-refractivity contribution in [3.05, 3.63) is 34.4 Å². The van der Waals surface area contributed by atoms with E-state index in [2.05, 4.69) is 5.32 Å². The van der Waals surface area contributed by atoms with E-state index in [0.29, 0.717) is 0 Å². The van der Waals surface area contributed by atoms with Gasteiger partial charge >= 0.3 is 6.09 Å². The summed E-state index contributed by atoms with van der Waals surface area (Å²) in [4.78, 5) is 11.7. The Morgan fingerprint density at radius 3 is 2.08 bits per heavy atom. The molecule has 24 heavy (non-hydrogen) atoms. The van der Waals surface area contributed by atoms with E-state index in [0.717, 1.165) is 35.1 Å². The molecule has 0 fully saturated rings. The van der Waals surface area contributed by atoms with E-state index in [1.165, 1.54) is 0 Å². The van der Waals surface area contributed by atoms with Crippen molar-refractivity contribution in [2.24, 2.45) is 0 Å². The molecule has 1 amide bonds. The molecular weight excluding hydrogens is 306 g/mol. The zero-order valence-corrected chi connectivity index (χ0v) is 15.6. The van der Waals surface area contributed by atoms with Crippen molar-refractivity contribution >= 4 is 6.09 Å². The summed E-state index contributed by atoms with van der Waals surface area (Å²) in [5.41, 5.74) is 3.35. The summed E-state index contributed by atoms with van der Waals surface area (Å²) in [7, 11) is 0. The number of aliphatic hydroxyl groups excluding tert-OH is 2. The molecule has 0 heterocycles. The number of rotatable bonds is 6. The molecular formula is C19H31NO4. The average molecular weight is 337 g/mol. The molecule has 2 unspecified atom stereocenters. The van der Waals surface area contributed by atoms with Crippen LogP contribution in [0, 0.1) is 6.92 Å². The number of carbonyl (C=O) groups excluding carboxylic acids is 1. The number of alkyl carbamates (subject to hydrolysis) is 1. The Morgan fingerprint density at radius 1 is 1.17 bits per heavy atom. The standard InChI is InChI=1S/C19H31NO4/c1-7-13-9-12(3)10-14(8-2)16(13)17(22)15(21)11-20-18(23)24-19(4,5)6/h9-10,15,17,21-22H,7-8,11H2,1-6H3,(H,20,23). The van der Waals surface area contributed by atoms with Crippen LogP contribution in [0.1, 0.15) is 63.0 Å². The van der Waals surface area contributed by atoms with E-state index in [-0.39, 0.29) is 6.54 Å². The molecule has 1 aromatic carbocycles. The average Bonchev–Trinajstić information content (AvgIpc) is 2.49. The minimum absolute atomic E-state index is 0.0731. The lowest BCUT2D eigenvalue weighted by Crippen LogP contribution is -2.39. The molecule has 1 rings (SSSR count). The van der Waals surface area contributed by atoms with Gasteiger partial charge in [0.15, 0.2) is 0 Å². The molecule has 5 heteroatoms. The Bertz CT molecular complexity index is 538. The number of ether oxygens (including phenoxy) is 1. The molecule has 0 radical (unpaired) electrons. The summed E-state index contributed by atoms with van der Waals surface area (Å²) in [5.74, 6) is 0. The number of nitrogens with one attached hydrogen (secondary N) is 1. The summed E-state index contributed by atoms with van der Waals surface area (Å²) in [6.07, 6.45) is -1.22. The fourth-order valence-electron chi connectivity index (χ4n) is 2.72. The van der Waals surface area contributed by atoms with Crippen molar-refractivity contribution in [1.29, 1.82) is 0 Å². The number of aliphatic hydroxyl groups is 2. The van der Waals surface area contributed by atoms with E-state index in [4.69, 9.17) is 4.74 Å². The van der Waals surface area contributed by atoms with Crippen LogP contribution in [0.15, 0.2) is 12.1 Å². The normalized spacial score (nSPS) is 14.2. The molecule has 1 aromatic rings. The Hall–Kier alpha value is -1.59. The molecule has 5 nitrogen and oxygen atoms in total. The summed E-state index contributed by atoms with van der Waals surface area (Å²) in [6, 6.07) is 4.07. The number of carbonyl (C=O) groups is 1. The Kier molecular flexibility index (Phi) is 7.24. The van der Waals surface area contributed by atoms with Gasteiger partial charge < -0.3 is 20.3 Å².